The summed E-state index contributed by atoms with van der Waals surface area (Å²) in [6.45, 7) is 2.76. The lowest BCUT2D eigenvalue weighted by Crippen LogP contribution is -2.24. The van der Waals surface area contributed by atoms with Gasteiger partial charge in [-0.2, -0.15) is 0 Å². The van der Waals surface area contributed by atoms with Crippen LogP contribution in [0.25, 0.3) is 0 Å². The number of hydrogen-bond acceptors (Lipinski definition) is 2. The number of halogens is 1. The maximum atomic E-state index is 12.3. The number of carbonyl (C=O) groups is 2. The first-order valence-electron chi connectivity index (χ1n) is 8.06. The Labute approximate surface area is 147 Å². The van der Waals surface area contributed by atoms with Crippen LogP contribution in [0.2, 0.25) is 5.02 Å². The van der Waals surface area contributed by atoms with Crippen molar-refractivity contribution in [3.63, 3.8) is 0 Å². The monoisotopic (exact) mass is 344 g/mol. The second kappa shape index (κ2) is 9.08. The Morgan fingerprint density at radius 1 is 0.958 bits per heavy atom. The average molecular weight is 345 g/mol. The maximum absolute atomic E-state index is 12.3. The van der Waals surface area contributed by atoms with Crippen molar-refractivity contribution in [2.24, 2.45) is 0 Å². The minimum atomic E-state index is -0.302. The van der Waals surface area contributed by atoms with Gasteiger partial charge in [-0.15, -0.1) is 0 Å². The molecule has 126 valence electrons. The van der Waals surface area contributed by atoms with Crippen molar-refractivity contribution in [3.8, 4) is 0 Å². The number of hydrogen-bond donors (Lipinski definition) is 2. The molecule has 2 aromatic carbocycles. The third-order valence-corrected chi connectivity index (χ3v) is 3.90. The van der Waals surface area contributed by atoms with E-state index in [9.17, 15) is 9.59 Å². The van der Waals surface area contributed by atoms with Crippen molar-refractivity contribution in [2.75, 3.05) is 11.9 Å². The van der Waals surface area contributed by atoms with Gasteiger partial charge in [-0.1, -0.05) is 49.6 Å². The van der Waals surface area contributed by atoms with Crippen molar-refractivity contribution in [3.05, 3.63) is 64.7 Å². The molecule has 0 heterocycles. The Hall–Kier alpha value is -2.33. The molecule has 24 heavy (non-hydrogen) atoms. The zero-order chi connectivity index (χ0) is 17.4. The van der Waals surface area contributed by atoms with Gasteiger partial charge in [0.05, 0.1) is 10.7 Å². The van der Waals surface area contributed by atoms with Gasteiger partial charge in [-0.05, 0) is 36.8 Å². The number of para-hydroxylation sites is 1. The van der Waals surface area contributed by atoms with Crippen molar-refractivity contribution in [1.29, 1.82) is 0 Å². The minimum Gasteiger partial charge on any atom is -0.352 e. The topological polar surface area (TPSA) is 58.2 Å². The van der Waals surface area contributed by atoms with Crippen LogP contribution in [0.3, 0.4) is 0 Å². The maximum Gasteiger partial charge on any atom is 0.255 e. The summed E-state index contributed by atoms with van der Waals surface area (Å²) < 4.78 is 0. The zero-order valence-electron chi connectivity index (χ0n) is 13.6. The lowest BCUT2D eigenvalue weighted by molar-refractivity contribution is 0.0953. The number of amides is 2. The number of nitrogens with one attached hydrogen (secondary N) is 2. The first-order valence-corrected chi connectivity index (χ1v) is 8.43. The van der Waals surface area contributed by atoms with E-state index in [4.69, 9.17) is 11.6 Å². The van der Waals surface area contributed by atoms with Crippen LogP contribution in [0.5, 0.6) is 0 Å². The first kappa shape index (κ1) is 18.0. The standard InChI is InChI=1S/C19H21ClN2O2/c1-2-3-6-12-21-18(23)14-8-7-9-15(13-14)19(24)22-17-11-5-4-10-16(17)20/h4-5,7-11,13H,2-3,6,12H2,1H3,(H,21,23)(H,22,24). The smallest absolute Gasteiger partial charge is 0.255 e. The fraction of sp³-hybridized carbons (Fsp3) is 0.263. The summed E-state index contributed by atoms with van der Waals surface area (Å²) in [6, 6.07) is 13.7. The molecule has 0 fully saturated rings. The molecule has 2 N–H and O–H groups in total. The van der Waals surface area contributed by atoms with Gasteiger partial charge in [0, 0.05) is 17.7 Å². The quantitative estimate of drug-likeness (QED) is 0.726. The molecule has 2 amide bonds. The van der Waals surface area contributed by atoms with Gasteiger partial charge in [0.15, 0.2) is 0 Å². The third-order valence-electron chi connectivity index (χ3n) is 3.57. The van der Waals surface area contributed by atoms with Gasteiger partial charge >= 0.3 is 0 Å². The minimum absolute atomic E-state index is 0.168. The van der Waals surface area contributed by atoms with Gasteiger partial charge in [0.25, 0.3) is 11.8 Å². The fourth-order valence-electron chi connectivity index (χ4n) is 2.24. The van der Waals surface area contributed by atoms with E-state index in [2.05, 4.69) is 17.6 Å². The summed E-state index contributed by atoms with van der Waals surface area (Å²) in [6.07, 6.45) is 3.14. The molecule has 0 aliphatic heterocycles. The summed E-state index contributed by atoms with van der Waals surface area (Å²) >= 11 is 6.04. The summed E-state index contributed by atoms with van der Waals surface area (Å²) in [4.78, 5) is 24.5. The van der Waals surface area contributed by atoms with E-state index in [0.29, 0.717) is 28.4 Å². The molecule has 0 aliphatic rings. The highest BCUT2D eigenvalue weighted by molar-refractivity contribution is 6.33. The number of anilines is 1. The van der Waals surface area contributed by atoms with E-state index in [1.54, 1.807) is 48.5 Å². The zero-order valence-corrected chi connectivity index (χ0v) is 14.4. The normalized spacial score (nSPS) is 10.2. The summed E-state index contributed by atoms with van der Waals surface area (Å²) in [5.41, 5.74) is 1.42. The van der Waals surface area contributed by atoms with Crippen molar-refractivity contribution in [2.45, 2.75) is 26.2 Å². The average Bonchev–Trinajstić information content (AvgIpc) is 2.60. The highest BCUT2D eigenvalue weighted by Crippen LogP contribution is 2.21. The van der Waals surface area contributed by atoms with Crippen LogP contribution in [0.1, 0.15) is 46.9 Å². The molecular formula is C19H21ClN2O2. The number of rotatable bonds is 7. The molecule has 0 unspecified atom stereocenters. The van der Waals surface area contributed by atoms with E-state index in [-0.39, 0.29) is 11.8 Å². The molecule has 0 spiro atoms. The van der Waals surface area contributed by atoms with Crippen LogP contribution < -0.4 is 10.6 Å². The first-order chi connectivity index (χ1) is 11.6. The SMILES string of the molecule is CCCCCNC(=O)c1cccc(C(=O)Nc2ccccc2Cl)c1. The van der Waals surface area contributed by atoms with E-state index in [1.807, 2.05) is 0 Å². The van der Waals surface area contributed by atoms with Crippen LogP contribution in [0.4, 0.5) is 5.69 Å². The highest BCUT2D eigenvalue weighted by Gasteiger charge is 2.11. The molecule has 0 bridgehead atoms. The van der Waals surface area contributed by atoms with E-state index in [0.717, 1.165) is 19.3 Å². The van der Waals surface area contributed by atoms with Gasteiger partial charge in [-0.25, -0.2) is 0 Å². The molecule has 0 radical (unpaired) electrons. The molecule has 5 heteroatoms. The highest BCUT2D eigenvalue weighted by atomic mass is 35.5. The molecule has 4 nitrogen and oxygen atoms in total. The summed E-state index contributed by atoms with van der Waals surface area (Å²) in [5.74, 6) is -0.470. The van der Waals surface area contributed by atoms with Crippen LogP contribution in [0.15, 0.2) is 48.5 Å². The van der Waals surface area contributed by atoms with Crippen LogP contribution in [-0.2, 0) is 0 Å². The number of benzene rings is 2. The molecule has 0 saturated heterocycles. The van der Waals surface area contributed by atoms with E-state index >= 15 is 0 Å². The number of unbranched alkanes of at least 4 members (excludes halogenated alkanes) is 2. The molecular weight excluding hydrogens is 324 g/mol. The van der Waals surface area contributed by atoms with Crippen LogP contribution in [-0.4, -0.2) is 18.4 Å². The number of carbonyl (C=O) groups excluding carboxylic acids is 2. The fourth-order valence-corrected chi connectivity index (χ4v) is 2.42. The van der Waals surface area contributed by atoms with Gasteiger partial charge in [0.1, 0.15) is 0 Å². The molecule has 0 atom stereocenters. The molecule has 0 aromatic heterocycles. The van der Waals surface area contributed by atoms with Gasteiger partial charge < -0.3 is 10.6 Å². The Bertz CT molecular complexity index is 716. The molecule has 0 aliphatic carbocycles. The Morgan fingerprint density at radius 2 is 1.67 bits per heavy atom. The van der Waals surface area contributed by atoms with Gasteiger partial charge in [0.2, 0.25) is 0 Å². The van der Waals surface area contributed by atoms with Crippen LogP contribution >= 0.6 is 11.6 Å². The summed E-state index contributed by atoms with van der Waals surface area (Å²) in [5, 5.41) is 6.09. The molecule has 0 saturated carbocycles. The lowest BCUT2D eigenvalue weighted by Gasteiger charge is -2.09. The second-order valence-electron chi connectivity index (χ2n) is 5.48. The predicted octanol–water partition coefficient (Wildman–Crippen LogP) is 4.51. The Morgan fingerprint density at radius 3 is 2.38 bits per heavy atom. The van der Waals surface area contributed by atoms with E-state index < -0.39 is 0 Å². The lowest BCUT2D eigenvalue weighted by atomic mass is 10.1. The largest absolute Gasteiger partial charge is 0.352 e. The third kappa shape index (κ3) is 5.10. The summed E-state index contributed by atoms with van der Waals surface area (Å²) in [7, 11) is 0. The van der Waals surface area contributed by atoms with Crippen LogP contribution in [0, 0.1) is 0 Å². The predicted molar refractivity (Wildman–Crippen MR) is 97.7 cm³/mol. The molecule has 2 rings (SSSR count). The van der Waals surface area contributed by atoms with Gasteiger partial charge in [-0.3, -0.25) is 9.59 Å². The Kier molecular flexibility index (Phi) is 6.82. The van der Waals surface area contributed by atoms with Crippen molar-refractivity contribution >= 4 is 29.1 Å². The van der Waals surface area contributed by atoms with E-state index in [1.165, 1.54) is 0 Å². The second-order valence-corrected chi connectivity index (χ2v) is 5.88. The Balaban J connectivity index is 2.02. The van der Waals surface area contributed by atoms with Crippen molar-refractivity contribution < 1.29 is 9.59 Å². The molecule has 2 aromatic rings. The van der Waals surface area contributed by atoms with Crippen molar-refractivity contribution in [1.82, 2.24) is 5.32 Å².